The highest BCUT2D eigenvalue weighted by Crippen LogP contribution is 2.31. The molecule has 0 spiro atoms. The molecule has 0 atom stereocenters. The molecule has 0 aliphatic rings. The standard InChI is InChI=1S/C12H10B2O4S/c15-13(16)9-5-1-3-7-8-4-2-6-10(14(17)18)12(8)19-11(7)9/h1-6,15-18H. The van der Waals surface area contributed by atoms with Crippen molar-refractivity contribution in [1.29, 1.82) is 0 Å². The number of fused-ring (bicyclic) bond motifs is 3. The van der Waals surface area contributed by atoms with Crippen LogP contribution in [0.25, 0.3) is 20.2 Å². The van der Waals surface area contributed by atoms with Crippen LogP contribution in [0.3, 0.4) is 0 Å². The van der Waals surface area contributed by atoms with Crippen LogP contribution in [0.5, 0.6) is 0 Å². The van der Waals surface area contributed by atoms with Crippen LogP contribution >= 0.6 is 11.3 Å². The lowest BCUT2D eigenvalue weighted by atomic mass is 9.78. The quantitative estimate of drug-likeness (QED) is 0.470. The first-order chi connectivity index (χ1) is 9.09. The molecule has 0 radical (unpaired) electrons. The van der Waals surface area contributed by atoms with Crippen molar-refractivity contribution in [2.75, 3.05) is 0 Å². The molecule has 0 saturated heterocycles. The van der Waals surface area contributed by atoms with E-state index in [1.54, 1.807) is 24.3 Å². The van der Waals surface area contributed by atoms with Crippen LogP contribution in [-0.4, -0.2) is 34.3 Å². The van der Waals surface area contributed by atoms with Crippen molar-refractivity contribution >= 4 is 56.7 Å². The Bertz CT molecular complexity index is 692. The van der Waals surface area contributed by atoms with E-state index >= 15 is 0 Å². The Morgan fingerprint density at radius 3 is 1.47 bits per heavy atom. The summed E-state index contributed by atoms with van der Waals surface area (Å²) in [6.45, 7) is 0. The molecule has 4 N–H and O–H groups in total. The van der Waals surface area contributed by atoms with Crippen molar-refractivity contribution in [3.05, 3.63) is 36.4 Å². The lowest BCUT2D eigenvalue weighted by Gasteiger charge is -2.00. The van der Waals surface area contributed by atoms with Gasteiger partial charge in [-0.3, -0.25) is 0 Å². The third-order valence-electron chi connectivity index (χ3n) is 3.14. The average molecular weight is 272 g/mol. The molecule has 0 saturated carbocycles. The predicted molar refractivity (Wildman–Crippen MR) is 79.0 cm³/mol. The minimum absolute atomic E-state index is 0.428. The molecule has 0 fully saturated rings. The molecule has 7 heteroatoms. The number of rotatable bonds is 2. The Morgan fingerprint density at radius 2 is 1.11 bits per heavy atom. The molecule has 2 aromatic carbocycles. The van der Waals surface area contributed by atoms with E-state index in [4.69, 9.17) is 0 Å². The zero-order chi connectivity index (χ0) is 13.6. The minimum atomic E-state index is -1.54. The maximum atomic E-state index is 9.39. The second-order valence-electron chi connectivity index (χ2n) is 4.30. The molecule has 1 aromatic heterocycles. The van der Waals surface area contributed by atoms with Gasteiger partial charge in [0.1, 0.15) is 0 Å². The molecule has 4 nitrogen and oxygen atoms in total. The number of hydrogen-bond donors (Lipinski definition) is 4. The summed E-state index contributed by atoms with van der Waals surface area (Å²) in [6.07, 6.45) is 0. The number of hydrogen-bond acceptors (Lipinski definition) is 5. The lowest BCUT2D eigenvalue weighted by Crippen LogP contribution is -2.30. The Morgan fingerprint density at radius 1 is 0.684 bits per heavy atom. The lowest BCUT2D eigenvalue weighted by molar-refractivity contribution is 0.425. The molecule has 1 heterocycles. The van der Waals surface area contributed by atoms with Crippen LogP contribution in [-0.2, 0) is 0 Å². The summed E-state index contributed by atoms with van der Waals surface area (Å²) in [4.78, 5) is 0. The van der Waals surface area contributed by atoms with Crippen molar-refractivity contribution in [3.8, 4) is 0 Å². The second-order valence-corrected chi connectivity index (χ2v) is 5.32. The van der Waals surface area contributed by atoms with Gasteiger partial charge in [-0.05, 0) is 21.7 Å². The minimum Gasteiger partial charge on any atom is -0.423 e. The fraction of sp³-hybridized carbons (Fsp3) is 0. The van der Waals surface area contributed by atoms with Gasteiger partial charge in [0, 0.05) is 9.40 Å². The topological polar surface area (TPSA) is 80.9 Å². The van der Waals surface area contributed by atoms with Crippen molar-refractivity contribution in [1.82, 2.24) is 0 Å². The maximum Gasteiger partial charge on any atom is 0.489 e. The highest BCUT2D eigenvalue weighted by Gasteiger charge is 2.21. The van der Waals surface area contributed by atoms with E-state index in [0.717, 1.165) is 20.2 Å². The van der Waals surface area contributed by atoms with Gasteiger partial charge in [-0.2, -0.15) is 0 Å². The van der Waals surface area contributed by atoms with Crippen LogP contribution in [0.1, 0.15) is 0 Å². The normalized spacial score (nSPS) is 11.2. The summed E-state index contributed by atoms with van der Waals surface area (Å²) < 4.78 is 1.50. The molecule has 3 aromatic rings. The first-order valence-electron chi connectivity index (χ1n) is 5.76. The summed E-state index contributed by atoms with van der Waals surface area (Å²) in [5, 5.41) is 39.3. The van der Waals surface area contributed by atoms with Gasteiger partial charge in [0.2, 0.25) is 0 Å². The van der Waals surface area contributed by atoms with E-state index in [-0.39, 0.29) is 0 Å². The number of benzene rings is 2. The van der Waals surface area contributed by atoms with Gasteiger partial charge in [-0.15, -0.1) is 11.3 Å². The van der Waals surface area contributed by atoms with E-state index in [0.29, 0.717) is 10.9 Å². The highest BCUT2D eigenvalue weighted by molar-refractivity contribution is 7.28. The molecular formula is C12H10B2O4S. The largest absolute Gasteiger partial charge is 0.489 e. The zero-order valence-electron chi connectivity index (χ0n) is 9.82. The van der Waals surface area contributed by atoms with Gasteiger partial charge < -0.3 is 20.1 Å². The van der Waals surface area contributed by atoms with Crippen LogP contribution in [0.4, 0.5) is 0 Å². The highest BCUT2D eigenvalue weighted by atomic mass is 32.1. The van der Waals surface area contributed by atoms with Gasteiger partial charge in [0.05, 0.1) is 0 Å². The van der Waals surface area contributed by atoms with E-state index in [1.807, 2.05) is 12.1 Å². The van der Waals surface area contributed by atoms with Crippen molar-refractivity contribution in [3.63, 3.8) is 0 Å². The SMILES string of the molecule is OB(O)c1cccc2c1sc1c(B(O)O)cccc12. The summed E-state index contributed by atoms with van der Waals surface area (Å²) in [5.74, 6) is 0. The van der Waals surface area contributed by atoms with Crippen molar-refractivity contribution in [2.24, 2.45) is 0 Å². The van der Waals surface area contributed by atoms with Crippen LogP contribution < -0.4 is 10.9 Å². The Balaban J connectivity index is 2.44. The third-order valence-corrected chi connectivity index (χ3v) is 4.46. The van der Waals surface area contributed by atoms with Gasteiger partial charge in [0.25, 0.3) is 0 Å². The van der Waals surface area contributed by atoms with Crippen LogP contribution in [0, 0.1) is 0 Å². The molecule has 19 heavy (non-hydrogen) atoms. The Labute approximate surface area is 113 Å². The van der Waals surface area contributed by atoms with Crippen LogP contribution in [0.15, 0.2) is 36.4 Å². The summed E-state index contributed by atoms with van der Waals surface area (Å²) in [5.41, 5.74) is 0.856. The fourth-order valence-corrected chi connectivity index (χ4v) is 3.63. The van der Waals surface area contributed by atoms with E-state index in [2.05, 4.69) is 0 Å². The Kier molecular flexibility index (Phi) is 3.08. The van der Waals surface area contributed by atoms with E-state index in [9.17, 15) is 20.1 Å². The van der Waals surface area contributed by atoms with Crippen molar-refractivity contribution in [2.45, 2.75) is 0 Å². The van der Waals surface area contributed by atoms with Gasteiger partial charge >= 0.3 is 14.2 Å². The third kappa shape index (κ3) is 1.96. The predicted octanol–water partition coefficient (Wildman–Crippen LogP) is -0.586. The summed E-state index contributed by atoms with van der Waals surface area (Å²) in [6, 6.07) is 10.6. The molecule has 0 aliphatic carbocycles. The van der Waals surface area contributed by atoms with Gasteiger partial charge in [-0.1, -0.05) is 36.4 Å². The summed E-state index contributed by atoms with van der Waals surface area (Å²) >= 11 is 1.33. The molecule has 0 unspecified atom stereocenters. The maximum absolute atomic E-state index is 9.39. The first kappa shape index (κ1) is 12.7. The average Bonchev–Trinajstić information content (AvgIpc) is 2.76. The first-order valence-corrected chi connectivity index (χ1v) is 6.57. The van der Waals surface area contributed by atoms with Crippen molar-refractivity contribution < 1.29 is 20.1 Å². The fourth-order valence-electron chi connectivity index (χ4n) is 2.27. The molecule has 3 rings (SSSR count). The van der Waals surface area contributed by atoms with E-state index in [1.165, 1.54) is 11.3 Å². The van der Waals surface area contributed by atoms with E-state index < -0.39 is 14.2 Å². The molecule has 0 amide bonds. The monoisotopic (exact) mass is 272 g/mol. The molecule has 94 valence electrons. The number of thiophene rings is 1. The van der Waals surface area contributed by atoms with Gasteiger partial charge in [-0.25, -0.2) is 0 Å². The smallest absolute Gasteiger partial charge is 0.423 e. The van der Waals surface area contributed by atoms with Gasteiger partial charge in [0.15, 0.2) is 0 Å². The summed E-state index contributed by atoms with van der Waals surface area (Å²) in [7, 11) is -3.08. The Hall–Kier alpha value is -1.37. The molecular weight excluding hydrogens is 262 g/mol. The zero-order valence-corrected chi connectivity index (χ0v) is 10.6. The second kappa shape index (κ2) is 4.63. The molecule has 0 aliphatic heterocycles. The van der Waals surface area contributed by atoms with Crippen LogP contribution in [0.2, 0.25) is 0 Å². The molecule has 0 bridgehead atoms.